The number of aryl methyl sites for hydroxylation is 1. The Morgan fingerprint density at radius 3 is 2.61 bits per heavy atom. The topological polar surface area (TPSA) is 69.5 Å². The fraction of sp³-hybridized carbons (Fsp3) is 0.375. The highest BCUT2D eigenvalue weighted by molar-refractivity contribution is 5.80. The fourth-order valence-electron chi connectivity index (χ4n) is 4.29. The Morgan fingerprint density at radius 1 is 1.10 bits per heavy atom. The van der Waals surface area contributed by atoms with E-state index in [1.807, 2.05) is 53.2 Å². The largest absolute Gasteiger partial charge is 0.493 e. The standard InChI is InChI=1S/C24H28N4O3/c1-27-16-19(18-9-11-25-12-10-18)24(26-27)20-6-4-5-13-28(20)23(29)15-17-7-8-21(30-2)22(14-17)31-3/h7-12,14,16,20H,4-6,13,15H2,1-3H3/t20-/m1/s1. The Bertz CT molecular complexity index is 1050. The number of benzene rings is 1. The Kier molecular flexibility index (Phi) is 6.21. The predicted molar refractivity (Wildman–Crippen MR) is 118 cm³/mol. The molecule has 1 fully saturated rings. The van der Waals surface area contributed by atoms with E-state index in [0.717, 1.165) is 48.2 Å². The fourth-order valence-corrected chi connectivity index (χ4v) is 4.29. The highest BCUT2D eigenvalue weighted by atomic mass is 16.5. The predicted octanol–water partition coefficient (Wildman–Crippen LogP) is 3.80. The number of hydrogen-bond acceptors (Lipinski definition) is 5. The van der Waals surface area contributed by atoms with Crippen molar-refractivity contribution in [3.8, 4) is 22.6 Å². The first-order valence-electron chi connectivity index (χ1n) is 10.5. The molecule has 0 spiro atoms. The van der Waals surface area contributed by atoms with Crippen molar-refractivity contribution in [3.63, 3.8) is 0 Å². The summed E-state index contributed by atoms with van der Waals surface area (Å²) in [6, 6.07) is 9.57. The lowest BCUT2D eigenvalue weighted by Gasteiger charge is -2.35. The van der Waals surface area contributed by atoms with Crippen molar-refractivity contribution in [2.24, 2.45) is 7.05 Å². The highest BCUT2D eigenvalue weighted by Gasteiger charge is 2.32. The average molecular weight is 421 g/mol. The van der Waals surface area contributed by atoms with Crippen LogP contribution < -0.4 is 9.47 Å². The summed E-state index contributed by atoms with van der Waals surface area (Å²) in [7, 11) is 5.13. The molecule has 1 aliphatic rings. The van der Waals surface area contributed by atoms with Gasteiger partial charge < -0.3 is 14.4 Å². The van der Waals surface area contributed by atoms with Gasteiger partial charge in [-0.3, -0.25) is 14.5 Å². The third-order valence-corrected chi connectivity index (χ3v) is 5.79. The van der Waals surface area contributed by atoms with Crippen LogP contribution in [0.3, 0.4) is 0 Å². The number of methoxy groups -OCH3 is 2. The third-order valence-electron chi connectivity index (χ3n) is 5.79. The van der Waals surface area contributed by atoms with Crippen LogP contribution in [0.1, 0.15) is 36.6 Å². The van der Waals surface area contributed by atoms with Crippen LogP contribution in [0.2, 0.25) is 0 Å². The van der Waals surface area contributed by atoms with Crippen LogP contribution >= 0.6 is 0 Å². The molecule has 1 aliphatic heterocycles. The first-order chi connectivity index (χ1) is 15.1. The third kappa shape index (κ3) is 4.40. The van der Waals surface area contributed by atoms with E-state index in [9.17, 15) is 4.79 Å². The van der Waals surface area contributed by atoms with Gasteiger partial charge in [0, 0.05) is 37.7 Å². The molecule has 2 aromatic heterocycles. The van der Waals surface area contributed by atoms with Crippen LogP contribution in [0, 0.1) is 0 Å². The summed E-state index contributed by atoms with van der Waals surface area (Å²) in [6.45, 7) is 0.739. The number of piperidine rings is 1. The lowest BCUT2D eigenvalue weighted by molar-refractivity contribution is -0.134. The molecule has 162 valence electrons. The number of rotatable bonds is 6. The zero-order chi connectivity index (χ0) is 21.8. The maximum atomic E-state index is 13.4. The number of carbonyl (C=O) groups excluding carboxylic acids is 1. The molecule has 0 aliphatic carbocycles. The van der Waals surface area contributed by atoms with Crippen molar-refractivity contribution >= 4 is 5.91 Å². The normalized spacial score (nSPS) is 16.2. The van der Waals surface area contributed by atoms with Gasteiger partial charge in [0.2, 0.25) is 5.91 Å². The summed E-state index contributed by atoms with van der Waals surface area (Å²) >= 11 is 0. The molecule has 7 heteroatoms. The Morgan fingerprint density at radius 2 is 1.87 bits per heavy atom. The number of amides is 1. The molecule has 0 N–H and O–H groups in total. The smallest absolute Gasteiger partial charge is 0.227 e. The molecule has 1 saturated heterocycles. The van der Waals surface area contributed by atoms with Crippen molar-refractivity contribution in [1.82, 2.24) is 19.7 Å². The SMILES string of the molecule is COc1ccc(CC(=O)N2CCCC[C@@H]2c2nn(C)cc2-c2ccncc2)cc1OC. The van der Waals surface area contributed by atoms with Crippen LogP contribution in [0.5, 0.6) is 11.5 Å². The Balaban J connectivity index is 1.61. The molecule has 3 aromatic rings. The van der Waals surface area contributed by atoms with Gasteiger partial charge in [0.15, 0.2) is 11.5 Å². The number of ether oxygens (including phenoxy) is 2. The number of hydrogen-bond donors (Lipinski definition) is 0. The molecule has 1 amide bonds. The van der Waals surface area contributed by atoms with E-state index in [0.29, 0.717) is 17.9 Å². The van der Waals surface area contributed by atoms with Crippen molar-refractivity contribution in [3.05, 3.63) is 60.2 Å². The number of nitrogens with zero attached hydrogens (tertiary/aromatic N) is 4. The van der Waals surface area contributed by atoms with Crippen LogP contribution in [0.15, 0.2) is 48.9 Å². The van der Waals surface area contributed by atoms with Gasteiger partial charge in [0.05, 0.1) is 32.4 Å². The maximum Gasteiger partial charge on any atom is 0.227 e. The molecule has 1 aromatic carbocycles. The van der Waals surface area contributed by atoms with Gasteiger partial charge in [-0.2, -0.15) is 5.10 Å². The van der Waals surface area contributed by atoms with Crippen LogP contribution in [-0.4, -0.2) is 46.3 Å². The number of carbonyl (C=O) groups is 1. The summed E-state index contributed by atoms with van der Waals surface area (Å²) < 4.78 is 12.5. The van der Waals surface area contributed by atoms with Crippen LogP contribution in [0.4, 0.5) is 0 Å². The Hall–Kier alpha value is -3.35. The molecule has 0 radical (unpaired) electrons. The van der Waals surface area contributed by atoms with E-state index in [4.69, 9.17) is 14.6 Å². The molecule has 0 bridgehead atoms. The van der Waals surface area contributed by atoms with E-state index >= 15 is 0 Å². The second kappa shape index (κ2) is 9.20. The Labute approximate surface area is 182 Å². The second-order valence-corrected chi connectivity index (χ2v) is 7.80. The van der Waals surface area contributed by atoms with E-state index in [2.05, 4.69) is 4.98 Å². The highest BCUT2D eigenvalue weighted by Crippen LogP contribution is 2.36. The molecule has 3 heterocycles. The first-order valence-corrected chi connectivity index (χ1v) is 10.5. The molecular formula is C24H28N4O3. The van der Waals surface area contributed by atoms with E-state index in [1.165, 1.54) is 0 Å². The molecule has 0 unspecified atom stereocenters. The van der Waals surface area contributed by atoms with Crippen molar-refractivity contribution in [1.29, 1.82) is 0 Å². The van der Waals surface area contributed by atoms with Gasteiger partial charge in [-0.1, -0.05) is 6.07 Å². The molecule has 31 heavy (non-hydrogen) atoms. The zero-order valence-corrected chi connectivity index (χ0v) is 18.2. The summed E-state index contributed by atoms with van der Waals surface area (Å²) in [4.78, 5) is 19.5. The van der Waals surface area contributed by atoms with Gasteiger partial charge in [0.25, 0.3) is 0 Å². The van der Waals surface area contributed by atoms with Crippen molar-refractivity contribution < 1.29 is 14.3 Å². The monoisotopic (exact) mass is 420 g/mol. The van der Waals surface area contributed by atoms with Gasteiger partial charge in [-0.15, -0.1) is 0 Å². The minimum absolute atomic E-state index is 0.0363. The maximum absolute atomic E-state index is 13.4. The molecule has 7 nitrogen and oxygen atoms in total. The summed E-state index contributed by atoms with van der Waals surface area (Å²) in [5.41, 5.74) is 3.98. The molecule has 0 saturated carbocycles. The number of likely N-dealkylation sites (tertiary alicyclic amines) is 1. The van der Waals surface area contributed by atoms with Crippen molar-refractivity contribution in [2.45, 2.75) is 31.7 Å². The number of aromatic nitrogens is 3. The van der Waals surface area contributed by atoms with Crippen LogP contribution in [-0.2, 0) is 18.3 Å². The van der Waals surface area contributed by atoms with Gasteiger partial charge in [0.1, 0.15) is 0 Å². The molecule has 1 atom stereocenters. The quantitative estimate of drug-likeness (QED) is 0.607. The first kappa shape index (κ1) is 20.9. The van der Waals surface area contributed by atoms with E-state index in [-0.39, 0.29) is 11.9 Å². The zero-order valence-electron chi connectivity index (χ0n) is 18.2. The van der Waals surface area contributed by atoms with E-state index in [1.54, 1.807) is 26.6 Å². The number of pyridine rings is 1. The summed E-state index contributed by atoms with van der Waals surface area (Å²) in [5.74, 6) is 1.39. The average Bonchev–Trinajstić information content (AvgIpc) is 3.21. The second-order valence-electron chi connectivity index (χ2n) is 7.80. The lowest BCUT2D eigenvalue weighted by Crippen LogP contribution is -2.39. The lowest BCUT2D eigenvalue weighted by atomic mass is 9.94. The molecular weight excluding hydrogens is 392 g/mol. The minimum atomic E-state index is -0.0363. The van der Waals surface area contributed by atoms with Crippen molar-refractivity contribution in [2.75, 3.05) is 20.8 Å². The minimum Gasteiger partial charge on any atom is -0.493 e. The van der Waals surface area contributed by atoms with E-state index < -0.39 is 0 Å². The summed E-state index contributed by atoms with van der Waals surface area (Å²) in [5, 5.41) is 4.77. The van der Waals surface area contributed by atoms with Gasteiger partial charge in [-0.05, 0) is 54.7 Å². The molecule has 4 rings (SSSR count). The van der Waals surface area contributed by atoms with Crippen LogP contribution in [0.25, 0.3) is 11.1 Å². The van der Waals surface area contributed by atoms with Gasteiger partial charge >= 0.3 is 0 Å². The summed E-state index contributed by atoms with van der Waals surface area (Å²) in [6.07, 6.45) is 8.90. The van der Waals surface area contributed by atoms with Gasteiger partial charge in [-0.25, -0.2) is 0 Å².